The highest BCUT2D eigenvalue weighted by atomic mass is 35.5. The first-order valence-electron chi connectivity index (χ1n) is 13.2. The predicted molar refractivity (Wildman–Crippen MR) is 147 cm³/mol. The molecule has 1 saturated heterocycles. The van der Waals surface area contributed by atoms with Crippen LogP contribution in [-0.2, 0) is 15.0 Å². The highest BCUT2D eigenvalue weighted by Crippen LogP contribution is 2.57. The number of aliphatic hydroxyl groups is 1. The summed E-state index contributed by atoms with van der Waals surface area (Å²) < 4.78 is 15.0. The Morgan fingerprint density at radius 3 is 2.53 bits per heavy atom. The van der Waals surface area contributed by atoms with Crippen molar-refractivity contribution >= 4 is 40.7 Å². The molecule has 2 fully saturated rings. The largest absolute Gasteiger partial charge is 0.393 e. The van der Waals surface area contributed by atoms with Crippen molar-refractivity contribution in [3.63, 3.8) is 0 Å². The van der Waals surface area contributed by atoms with E-state index in [9.17, 15) is 19.1 Å². The van der Waals surface area contributed by atoms with Crippen LogP contribution in [0.25, 0.3) is 0 Å². The molecule has 1 spiro atoms. The second kappa shape index (κ2) is 10.1. The van der Waals surface area contributed by atoms with E-state index in [4.69, 9.17) is 23.2 Å². The number of benzene rings is 2. The highest BCUT2D eigenvalue weighted by molar-refractivity contribution is 6.31. The number of hydrogen-bond acceptors (Lipinski definition) is 4. The summed E-state index contributed by atoms with van der Waals surface area (Å²) in [6.07, 6.45) is 2.85. The van der Waals surface area contributed by atoms with Crippen molar-refractivity contribution in [2.45, 2.75) is 88.4 Å². The van der Waals surface area contributed by atoms with Gasteiger partial charge in [0.1, 0.15) is 11.2 Å². The molecule has 0 unspecified atom stereocenters. The average molecular weight is 563 g/mol. The Balaban J connectivity index is 1.66. The van der Waals surface area contributed by atoms with Gasteiger partial charge in [-0.15, -0.1) is 0 Å². The van der Waals surface area contributed by atoms with Gasteiger partial charge in [-0.2, -0.15) is 0 Å². The number of halogens is 3. The minimum absolute atomic E-state index is 0.0636. The summed E-state index contributed by atoms with van der Waals surface area (Å²) in [6.45, 7) is 6.23. The van der Waals surface area contributed by atoms with Gasteiger partial charge in [0, 0.05) is 28.7 Å². The van der Waals surface area contributed by atoms with Crippen molar-refractivity contribution in [2.75, 3.05) is 5.32 Å². The fourth-order valence-electron chi connectivity index (χ4n) is 6.65. The Morgan fingerprint density at radius 1 is 1.16 bits per heavy atom. The first-order chi connectivity index (χ1) is 17.9. The second-order valence-corrected chi connectivity index (χ2v) is 13.0. The fourth-order valence-corrected chi connectivity index (χ4v) is 7.01. The van der Waals surface area contributed by atoms with E-state index in [2.05, 4.69) is 36.7 Å². The topological polar surface area (TPSA) is 90.5 Å². The van der Waals surface area contributed by atoms with E-state index in [1.807, 2.05) is 6.07 Å². The summed E-state index contributed by atoms with van der Waals surface area (Å²) in [5, 5.41) is 20.0. The van der Waals surface area contributed by atoms with Crippen molar-refractivity contribution < 1.29 is 19.1 Å². The molecule has 1 saturated carbocycles. The first kappa shape index (κ1) is 27.4. The van der Waals surface area contributed by atoms with Crippen molar-refractivity contribution in [3.8, 4) is 0 Å². The van der Waals surface area contributed by atoms with Gasteiger partial charge in [-0.3, -0.25) is 9.59 Å². The highest BCUT2D eigenvalue weighted by Gasteiger charge is 2.66. The van der Waals surface area contributed by atoms with E-state index in [1.165, 1.54) is 12.1 Å². The van der Waals surface area contributed by atoms with Gasteiger partial charge in [-0.05, 0) is 72.9 Å². The lowest BCUT2D eigenvalue weighted by Gasteiger charge is -2.37. The van der Waals surface area contributed by atoms with Crippen LogP contribution in [0.2, 0.25) is 10.0 Å². The number of carbonyl (C=O) groups excluding carboxylic acids is 2. The van der Waals surface area contributed by atoms with Crippen LogP contribution in [-0.4, -0.2) is 41.2 Å². The van der Waals surface area contributed by atoms with Crippen molar-refractivity contribution in [2.24, 2.45) is 5.41 Å². The van der Waals surface area contributed by atoms with Gasteiger partial charge >= 0.3 is 0 Å². The molecular weight excluding hydrogens is 528 g/mol. The molecular formula is C29H34Cl2FN3O3. The Labute approximate surface area is 232 Å². The van der Waals surface area contributed by atoms with E-state index in [0.717, 1.165) is 5.56 Å². The molecule has 2 heterocycles. The summed E-state index contributed by atoms with van der Waals surface area (Å²) in [7, 11) is 0. The van der Waals surface area contributed by atoms with E-state index < -0.39 is 29.2 Å². The van der Waals surface area contributed by atoms with Crippen LogP contribution in [0.15, 0.2) is 36.4 Å². The van der Waals surface area contributed by atoms with E-state index in [1.54, 1.807) is 18.2 Å². The van der Waals surface area contributed by atoms with Gasteiger partial charge in [-0.25, -0.2) is 4.39 Å². The maximum absolute atomic E-state index is 15.0. The Kier molecular flexibility index (Phi) is 7.27. The third-order valence-electron chi connectivity index (χ3n) is 8.23. The van der Waals surface area contributed by atoms with Crippen molar-refractivity contribution in [1.29, 1.82) is 0 Å². The zero-order chi connectivity index (χ0) is 27.4. The van der Waals surface area contributed by atoms with E-state index in [-0.39, 0.29) is 34.4 Å². The minimum Gasteiger partial charge on any atom is -0.393 e. The number of amides is 2. The van der Waals surface area contributed by atoms with Crippen LogP contribution >= 0.6 is 23.2 Å². The van der Waals surface area contributed by atoms with E-state index >= 15 is 0 Å². The molecule has 2 aromatic rings. The van der Waals surface area contributed by atoms with Crippen LogP contribution in [0.3, 0.4) is 0 Å². The van der Waals surface area contributed by atoms with Crippen LogP contribution in [0, 0.1) is 11.2 Å². The van der Waals surface area contributed by atoms with Crippen LogP contribution in [0.4, 0.5) is 10.1 Å². The predicted octanol–water partition coefficient (Wildman–Crippen LogP) is 5.30. The number of aliphatic hydroxyl groups excluding tert-OH is 1. The molecule has 0 bridgehead atoms. The van der Waals surface area contributed by atoms with Gasteiger partial charge in [0.15, 0.2) is 0 Å². The number of nitrogens with one attached hydrogen (secondary N) is 3. The minimum atomic E-state index is -1.27. The molecule has 204 valence electrons. The second-order valence-electron chi connectivity index (χ2n) is 12.1. The molecule has 2 aliphatic heterocycles. The molecule has 2 aromatic carbocycles. The summed E-state index contributed by atoms with van der Waals surface area (Å²) in [6, 6.07) is 8.67. The molecule has 0 radical (unpaired) electrons. The lowest BCUT2D eigenvalue weighted by atomic mass is 9.62. The fraction of sp³-hybridized carbons (Fsp3) is 0.517. The number of fused-ring (bicyclic) bond motifs is 2. The van der Waals surface area contributed by atoms with Gasteiger partial charge in [0.05, 0.1) is 17.2 Å². The Morgan fingerprint density at radius 2 is 1.87 bits per heavy atom. The molecule has 6 nitrogen and oxygen atoms in total. The Hall–Kier alpha value is -2.19. The lowest BCUT2D eigenvalue weighted by Crippen LogP contribution is -2.49. The van der Waals surface area contributed by atoms with Crippen LogP contribution < -0.4 is 16.0 Å². The van der Waals surface area contributed by atoms with Crippen molar-refractivity contribution in [1.82, 2.24) is 10.6 Å². The number of carbonyl (C=O) groups is 2. The maximum Gasteiger partial charge on any atom is 0.238 e. The monoisotopic (exact) mass is 561 g/mol. The summed E-state index contributed by atoms with van der Waals surface area (Å²) in [5.74, 6) is -1.79. The van der Waals surface area contributed by atoms with Crippen LogP contribution in [0.5, 0.6) is 0 Å². The van der Waals surface area contributed by atoms with Gasteiger partial charge in [0.25, 0.3) is 0 Å². The van der Waals surface area contributed by atoms with Gasteiger partial charge in [-0.1, -0.05) is 56.1 Å². The molecule has 5 rings (SSSR count). The quantitative estimate of drug-likeness (QED) is 0.407. The number of hydrogen-bond donors (Lipinski definition) is 4. The molecule has 4 N–H and O–H groups in total. The van der Waals surface area contributed by atoms with Crippen molar-refractivity contribution in [3.05, 3.63) is 63.4 Å². The smallest absolute Gasteiger partial charge is 0.238 e. The zero-order valence-electron chi connectivity index (χ0n) is 21.8. The summed E-state index contributed by atoms with van der Waals surface area (Å²) >= 11 is 12.5. The molecule has 1 aliphatic carbocycles. The zero-order valence-corrected chi connectivity index (χ0v) is 23.3. The molecule has 0 aromatic heterocycles. The summed E-state index contributed by atoms with van der Waals surface area (Å²) in [4.78, 5) is 28.1. The number of anilines is 1. The van der Waals surface area contributed by atoms with Crippen LogP contribution in [0.1, 0.15) is 69.9 Å². The molecule has 4 atom stereocenters. The Bertz CT molecular complexity index is 1260. The van der Waals surface area contributed by atoms with E-state index in [0.29, 0.717) is 48.4 Å². The maximum atomic E-state index is 15.0. The first-order valence-corrected chi connectivity index (χ1v) is 14.0. The average Bonchev–Trinajstić information content (AvgIpc) is 3.30. The SMILES string of the molecule is CC(C)(C)C[C@H]1N[C@@H](C(=O)NC2CCC(O)CC2)[C@H](c2cccc(Cl)c2)[C@@]12C(=O)Nc1cc(Cl)c(F)cc12. The number of rotatable bonds is 4. The normalized spacial score (nSPS) is 30.8. The third kappa shape index (κ3) is 4.83. The molecule has 3 aliphatic rings. The standard InChI is InChI=1S/C29H34Cl2FN3O3/c1-28(2,3)14-23-29(19-12-21(32)20(31)13-22(19)34-27(29)38)24(15-5-4-6-16(30)11-15)25(35-23)26(37)33-17-7-9-18(36)10-8-17/h4-6,11-13,17-18,23-25,35-36H,7-10,14H2,1-3H3,(H,33,37)(H,34,38)/t17?,18?,23-,24+,25-,29+/m1/s1. The molecule has 38 heavy (non-hydrogen) atoms. The summed E-state index contributed by atoms with van der Waals surface area (Å²) in [5.41, 5.74) is 0.189. The van der Waals surface area contributed by atoms with Gasteiger partial charge in [0.2, 0.25) is 11.8 Å². The van der Waals surface area contributed by atoms with Gasteiger partial charge < -0.3 is 21.1 Å². The molecule has 9 heteroatoms. The lowest BCUT2D eigenvalue weighted by molar-refractivity contribution is -0.124. The third-order valence-corrected chi connectivity index (χ3v) is 8.76. The molecule has 2 amide bonds.